The van der Waals surface area contributed by atoms with Crippen molar-refractivity contribution in [1.82, 2.24) is 20.1 Å². The molecule has 142 valence electrons. The van der Waals surface area contributed by atoms with Crippen LogP contribution in [0.5, 0.6) is 0 Å². The van der Waals surface area contributed by atoms with E-state index in [1.165, 1.54) is 0 Å². The van der Waals surface area contributed by atoms with Crippen LogP contribution in [-0.2, 0) is 0 Å². The summed E-state index contributed by atoms with van der Waals surface area (Å²) in [5.74, 6) is -0.114. The first-order chi connectivity index (χ1) is 11.6. The number of nitrogens with zero attached hydrogens (tertiary/aromatic N) is 3. The van der Waals surface area contributed by atoms with Gasteiger partial charge in [-0.2, -0.15) is 5.10 Å². The number of carbonyl (C=O) groups excluding carboxylic acids is 1. The van der Waals surface area contributed by atoms with Crippen LogP contribution in [0.15, 0.2) is 29.8 Å². The van der Waals surface area contributed by atoms with Gasteiger partial charge >= 0.3 is 0 Å². The average molecular weight is 416 g/mol. The molecule has 0 aliphatic carbocycles. The Morgan fingerprint density at radius 3 is 2.77 bits per heavy atom. The van der Waals surface area contributed by atoms with E-state index in [-0.39, 0.29) is 36.8 Å². The molecule has 0 aliphatic rings. The van der Waals surface area contributed by atoms with Gasteiger partial charge in [-0.25, -0.2) is 9.67 Å². The SMILES string of the molecule is CC(C)n1ncc2c(C(=O)NCCCN)cc(-c3cccs3)nc21.Cl.Cl. The van der Waals surface area contributed by atoms with E-state index in [1.807, 2.05) is 42.1 Å². The van der Waals surface area contributed by atoms with Crippen LogP contribution in [0.4, 0.5) is 0 Å². The highest BCUT2D eigenvalue weighted by molar-refractivity contribution is 7.13. The van der Waals surface area contributed by atoms with E-state index >= 15 is 0 Å². The molecule has 0 radical (unpaired) electrons. The third-order valence-electron chi connectivity index (χ3n) is 3.74. The molecular weight excluding hydrogens is 393 g/mol. The Hall–Kier alpha value is -1.67. The third kappa shape index (κ3) is 4.54. The van der Waals surface area contributed by atoms with Crippen LogP contribution in [0.1, 0.15) is 36.7 Å². The second-order valence-corrected chi connectivity index (χ2v) is 6.80. The molecule has 0 saturated carbocycles. The molecule has 0 fully saturated rings. The van der Waals surface area contributed by atoms with Crippen LogP contribution in [-0.4, -0.2) is 33.8 Å². The van der Waals surface area contributed by atoms with Crippen molar-refractivity contribution in [2.45, 2.75) is 26.3 Å². The second-order valence-electron chi connectivity index (χ2n) is 5.85. The highest BCUT2D eigenvalue weighted by atomic mass is 35.5. The first-order valence-corrected chi connectivity index (χ1v) is 8.90. The molecule has 3 heterocycles. The summed E-state index contributed by atoms with van der Waals surface area (Å²) in [6.45, 7) is 5.21. The van der Waals surface area contributed by atoms with Crippen LogP contribution in [0, 0.1) is 0 Å². The lowest BCUT2D eigenvalue weighted by Gasteiger charge is -2.10. The van der Waals surface area contributed by atoms with Gasteiger partial charge in [-0.15, -0.1) is 36.2 Å². The van der Waals surface area contributed by atoms with Gasteiger partial charge < -0.3 is 11.1 Å². The summed E-state index contributed by atoms with van der Waals surface area (Å²) >= 11 is 1.60. The number of carbonyl (C=O) groups is 1. The summed E-state index contributed by atoms with van der Waals surface area (Å²) in [5, 5.41) is 10.1. The number of pyridine rings is 1. The summed E-state index contributed by atoms with van der Waals surface area (Å²) < 4.78 is 1.85. The summed E-state index contributed by atoms with van der Waals surface area (Å²) in [5.41, 5.74) is 7.63. The molecule has 3 aromatic rings. The van der Waals surface area contributed by atoms with Crippen molar-refractivity contribution in [1.29, 1.82) is 0 Å². The molecule has 0 aliphatic heterocycles. The lowest BCUT2D eigenvalue weighted by molar-refractivity contribution is 0.0955. The number of rotatable bonds is 6. The smallest absolute Gasteiger partial charge is 0.252 e. The average Bonchev–Trinajstić information content (AvgIpc) is 3.23. The molecule has 3 rings (SSSR count). The highest BCUT2D eigenvalue weighted by Crippen LogP contribution is 2.28. The predicted octanol–water partition coefficient (Wildman–Crippen LogP) is 3.66. The Balaban J connectivity index is 0.00000169. The van der Waals surface area contributed by atoms with Gasteiger partial charge in [0.05, 0.1) is 27.7 Å². The zero-order valence-electron chi connectivity index (χ0n) is 14.6. The van der Waals surface area contributed by atoms with Crippen LogP contribution in [0.2, 0.25) is 0 Å². The first-order valence-electron chi connectivity index (χ1n) is 8.02. The monoisotopic (exact) mass is 415 g/mol. The number of hydrogen-bond acceptors (Lipinski definition) is 5. The molecule has 9 heteroatoms. The van der Waals surface area contributed by atoms with Crippen LogP contribution in [0.3, 0.4) is 0 Å². The standard InChI is InChI=1S/C17H21N5OS.2ClH/c1-11(2)22-16-13(10-20-22)12(17(23)19-7-4-6-18)9-14(21-16)15-5-3-8-24-15;;/h3,5,8-11H,4,6-7,18H2,1-2H3,(H,19,23);2*1H. The Kier molecular flexibility index (Phi) is 8.49. The van der Waals surface area contributed by atoms with Crippen molar-refractivity contribution in [3.63, 3.8) is 0 Å². The summed E-state index contributed by atoms with van der Waals surface area (Å²) in [6.07, 6.45) is 2.47. The molecule has 0 bridgehead atoms. The van der Waals surface area contributed by atoms with Crippen LogP contribution < -0.4 is 11.1 Å². The van der Waals surface area contributed by atoms with E-state index in [4.69, 9.17) is 10.7 Å². The molecule has 0 aromatic carbocycles. The zero-order valence-corrected chi connectivity index (χ0v) is 17.1. The number of nitrogens with two attached hydrogens (primary N) is 1. The molecule has 0 unspecified atom stereocenters. The summed E-state index contributed by atoms with van der Waals surface area (Å²) in [4.78, 5) is 18.4. The van der Waals surface area contributed by atoms with Gasteiger partial charge in [0.15, 0.2) is 5.65 Å². The predicted molar refractivity (Wildman–Crippen MR) is 112 cm³/mol. The zero-order chi connectivity index (χ0) is 17.1. The fraction of sp³-hybridized carbons (Fsp3) is 0.353. The van der Waals surface area contributed by atoms with E-state index in [0.717, 1.165) is 28.0 Å². The number of aromatic nitrogens is 3. The van der Waals surface area contributed by atoms with Gasteiger partial charge in [-0.3, -0.25) is 4.79 Å². The van der Waals surface area contributed by atoms with E-state index < -0.39 is 0 Å². The quantitative estimate of drug-likeness (QED) is 0.601. The largest absolute Gasteiger partial charge is 0.352 e. The molecule has 1 amide bonds. The van der Waals surface area contributed by atoms with E-state index in [0.29, 0.717) is 18.7 Å². The maximum Gasteiger partial charge on any atom is 0.252 e. The lowest BCUT2D eigenvalue weighted by Crippen LogP contribution is -2.26. The minimum Gasteiger partial charge on any atom is -0.352 e. The molecule has 0 atom stereocenters. The number of halogens is 2. The van der Waals surface area contributed by atoms with Crippen molar-refractivity contribution >= 4 is 53.1 Å². The van der Waals surface area contributed by atoms with Crippen molar-refractivity contribution in [2.75, 3.05) is 13.1 Å². The maximum absolute atomic E-state index is 12.6. The molecule has 3 aromatic heterocycles. The highest BCUT2D eigenvalue weighted by Gasteiger charge is 2.18. The van der Waals surface area contributed by atoms with E-state index in [9.17, 15) is 4.79 Å². The normalized spacial score (nSPS) is 10.5. The molecule has 3 N–H and O–H groups in total. The fourth-order valence-corrected chi connectivity index (χ4v) is 3.22. The number of fused-ring (bicyclic) bond motifs is 1. The van der Waals surface area contributed by atoms with E-state index in [2.05, 4.69) is 10.4 Å². The van der Waals surface area contributed by atoms with Crippen molar-refractivity contribution < 1.29 is 4.79 Å². The summed E-state index contributed by atoms with van der Waals surface area (Å²) in [6, 6.07) is 6.00. The molecule has 26 heavy (non-hydrogen) atoms. The number of amides is 1. The Morgan fingerprint density at radius 2 is 2.15 bits per heavy atom. The van der Waals surface area contributed by atoms with Crippen LogP contribution in [0.25, 0.3) is 21.6 Å². The van der Waals surface area contributed by atoms with E-state index in [1.54, 1.807) is 17.5 Å². The van der Waals surface area contributed by atoms with Gasteiger partial charge in [0, 0.05) is 12.6 Å². The van der Waals surface area contributed by atoms with Crippen molar-refractivity contribution in [3.05, 3.63) is 35.3 Å². The fourth-order valence-electron chi connectivity index (χ4n) is 2.53. The molecule has 0 spiro atoms. The number of thiophene rings is 1. The van der Waals surface area contributed by atoms with Gasteiger partial charge in [0.1, 0.15) is 0 Å². The molecule has 6 nitrogen and oxygen atoms in total. The van der Waals surface area contributed by atoms with Gasteiger partial charge in [-0.1, -0.05) is 6.07 Å². The maximum atomic E-state index is 12.6. The van der Waals surface area contributed by atoms with Gasteiger partial charge in [0.2, 0.25) is 0 Å². The third-order valence-corrected chi connectivity index (χ3v) is 4.63. The minimum absolute atomic E-state index is 0. The Morgan fingerprint density at radius 1 is 1.38 bits per heavy atom. The summed E-state index contributed by atoms with van der Waals surface area (Å²) in [7, 11) is 0. The number of hydrogen-bond donors (Lipinski definition) is 2. The second kappa shape index (κ2) is 9.87. The van der Waals surface area contributed by atoms with Crippen molar-refractivity contribution in [2.24, 2.45) is 5.73 Å². The minimum atomic E-state index is -0.114. The lowest BCUT2D eigenvalue weighted by atomic mass is 10.1. The Bertz CT molecular complexity index is 848. The topological polar surface area (TPSA) is 85.8 Å². The number of nitrogens with one attached hydrogen (secondary N) is 1. The molecular formula is C17H23Cl2N5OS. The first kappa shape index (κ1) is 22.4. The van der Waals surface area contributed by atoms with Crippen molar-refractivity contribution in [3.8, 4) is 10.6 Å². The van der Waals surface area contributed by atoms with Gasteiger partial charge in [0.25, 0.3) is 5.91 Å². The molecule has 0 saturated heterocycles. The van der Waals surface area contributed by atoms with Gasteiger partial charge in [-0.05, 0) is 44.3 Å². The van der Waals surface area contributed by atoms with Crippen LogP contribution >= 0.6 is 36.2 Å². The Labute approximate surface area is 169 Å².